The summed E-state index contributed by atoms with van der Waals surface area (Å²) < 4.78 is 0. The Labute approximate surface area is 128 Å². The molecule has 112 valence electrons. The number of rotatable bonds is 7. The Morgan fingerprint density at radius 2 is 1.95 bits per heavy atom. The van der Waals surface area contributed by atoms with Crippen molar-refractivity contribution in [2.24, 2.45) is 5.41 Å². The Morgan fingerprint density at radius 1 is 1.25 bits per heavy atom. The lowest BCUT2D eigenvalue weighted by atomic mass is 9.73. The topological polar surface area (TPSA) is 12.0 Å². The number of fused-ring (bicyclic) bond motifs is 1. The summed E-state index contributed by atoms with van der Waals surface area (Å²) in [6.45, 7) is 10.4. The van der Waals surface area contributed by atoms with Crippen LogP contribution in [0.5, 0.6) is 0 Å². The standard InChI is InChI=1S/C18H29NS/c1-5-18(6-2,13-19-14(3)4)11-15-12-20-17-10-8-7-9-16(15)17/h7-10,14-15,19H,5-6,11-13H2,1-4H3. The summed E-state index contributed by atoms with van der Waals surface area (Å²) in [7, 11) is 0. The molecule has 0 aromatic heterocycles. The van der Waals surface area contributed by atoms with E-state index in [1.54, 1.807) is 5.56 Å². The van der Waals surface area contributed by atoms with Gasteiger partial charge in [-0.15, -0.1) is 11.8 Å². The molecule has 0 fully saturated rings. The molecule has 1 aliphatic heterocycles. The fraction of sp³-hybridized carbons (Fsp3) is 0.667. The summed E-state index contributed by atoms with van der Waals surface area (Å²) >= 11 is 2.04. The van der Waals surface area contributed by atoms with Crippen molar-refractivity contribution in [3.63, 3.8) is 0 Å². The molecule has 0 saturated carbocycles. The molecule has 20 heavy (non-hydrogen) atoms. The fourth-order valence-corrected chi connectivity index (χ4v) is 4.46. The maximum absolute atomic E-state index is 3.68. The molecule has 1 aromatic rings. The maximum atomic E-state index is 3.68. The van der Waals surface area contributed by atoms with E-state index < -0.39 is 0 Å². The van der Waals surface area contributed by atoms with Gasteiger partial charge in [-0.3, -0.25) is 0 Å². The van der Waals surface area contributed by atoms with Gasteiger partial charge >= 0.3 is 0 Å². The van der Waals surface area contributed by atoms with E-state index in [1.165, 1.54) is 29.9 Å². The van der Waals surface area contributed by atoms with Crippen LogP contribution in [0.25, 0.3) is 0 Å². The van der Waals surface area contributed by atoms with Crippen LogP contribution in [0.4, 0.5) is 0 Å². The third-order valence-electron chi connectivity index (χ3n) is 4.86. The van der Waals surface area contributed by atoms with Crippen molar-refractivity contribution < 1.29 is 0 Å². The Morgan fingerprint density at radius 3 is 2.60 bits per heavy atom. The smallest absolute Gasteiger partial charge is 0.0107 e. The van der Waals surface area contributed by atoms with E-state index in [1.807, 2.05) is 11.8 Å². The molecule has 1 heterocycles. The Bertz CT molecular complexity index is 423. The molecule has 2 rings (SSSR count). The largest absolute Gasteiger partial charge is 0.314 e. The number of thioether (sulfide) groups is 1. The van der Waals surface area contributed by atoms with E-state index >= 15 is 0 Å². The van der Waals surface area contributed by atoms with Gasteiger partial charge in [-0.2, -0.15) is 0 Å². The molecule has 0 saturated heterocycles. The first-order chi connectivity index (χ1) is 9.60. The predicted molar refractivity (Wildman–Crippen MR) is 90.7 cm³/mol. The highest BCUT2D eigenvalue weighted by molar-refractivity contribution is 7.99. The van der Waals surface area contributed by atoms with Crippen molar-refractivity contribution in [1.29, 1.82) is 0 Å². The lowest BCUT2D eigenvalue weighted by molar-refractivity contribution is 0.209. The maximum Gasteiger partial charge on any atom is 0.0107 e. The third-order valence-corrected chi connectivity index (χ3v) is 6.12. The van der Waals surface area contributed by atoms with Gasteiger partial charge in [0.25, 0.3) is 0 Å². The van der Waals surface area contributed by atoms with E-state index in [4.69, 9.17) is 0 Å². The first-order valence-corrected chi connectivity index (χ1v) is 9.04. The second-order valence-corrected chi connectivity index (χ2v) is 7.55. The molecule has 0 radical (unpaired) electrons. The first kappa shape index (κ1) is 15.9. The SMILES string of the molecule is CCC(CC)(CNC(C)C)CC1CSc2ccccc21. The molecular formula is C18H29NS. The predicted octanol–water partition coefficient (Wildman–Crippen LogP) is 5.07. The van der Waals surface area contributed by atoms with Crippen molar-refractivity contribution >= 4 is 11.8 Å². The third kappa shape index (κ3) is 3.59. The molecule has 0 spiro atoms. The average molecular weight is 292 g/mol. The highest BCUT2D eigenvalue weighted by Crippen LogP contribution is 2.46. The zero-order chi connectivity index (χ0) is 14.6. The summed E-state index contributed by atoms with van der Waals surface area (Å²) in [5.74, 6) is 2.01. The number of nitrogens with one attached hydrogen (secondary N) is 1. The van der Waals surface area contributed by atoms with Crippen LogP contribution in [0, 0.1) is 5.41 Å². The van der Waals surface area contributed by atoms with Gasteiger partial charge in [-0.1, -0.05) is 45.9 Å². The van der Waals surface area contributed by atoms with Crippen LogP contribution in [0.1, 0.15) is 58.4 Å². The molecule has 1 nitrogen and oxygen atoms in total. The van der Waals surface area contributed by atoms with Crippen LogP contribution in [0.2, 0.25) is 0 Å². The Hall–Kier alpha value is -0.470. The quantitative estimate of drug-likeness (QED) is 0.752. The van der Waals surface area contributed by atoms with Gasteiger partial charge in [0.05, 0.1) is 0 Å². The first-order valence-electron chi connectivity index (χ1n) is 8.05. The van der Waals surface area contributed by atoms with Crippen LogP contribution >= 0.6 is 11.8 Å². The molecule has 1 aliphatic rings. The Balaban J connectivity index is 2.09. The van der Waals surface area contributed by atoms with Gasteiger partial charge in [0, 0.05) is 23.2 Å². The van der Waals surface area contributed by atoms with Crippen molar-refractivity contribution in [1.82, 2.24) is 5.32 Å². The molecule has 1 N–H and O–H groups in total. The lowest BCUT2D eigenvalue weighted by Gasteiger charge is -2.35. The minimum absolute atomic E-state index is 0.451. The highest BCUT2D eigenvalue weighted by Gasteiger charge is 2.33. The van der Waals surface area contributed by atoms with Crippen LogP contribution in [0.3, 0.4) is 0 Å². The van der Waals surface area contributed by atoms with Crippen LogP contribution in [-0.4, -0.2) is 18.3 Å². The van der Waals surface area contributed by atoms with Gasteiger partial charge < -0.3 is 5.32 Å². The number of hydrogen-bond donors (Lipinski definition) is 1. The van der Waals surface area contributed by atoms with Crippen molar-refractivity contribution in [2.45, 2.75) is 63.8 Å². The van der Waals surface area contributed by atoms with E-state index in [0.717, 1.165) is 12.5 Å². The lowest BCUT2D eigenvalue weighted by Crippen LogP contribution is -2.38. The van der Waals surface area contributed by atoms with Crippen LogP contribution < -0.4 is 5.32 Å². The summed E-state index contributed by atoms with van der Waals surface area (Å²) in [6.07, 6.45) is 3.86. The molecule has 0 aliphatic carbocycles. The van der Waals surface area contributed by atoms with Gasteiger partial charge in [0.1, 0.15) is 0 Å². The Kier molecular flexibility index (Phi) is 5.57. The minimum Gasteiger partial charge on any atom is -0.314 e. The van der Waals surface area contributed by atoms with Crippen molar-refractivity contribution in [3.05, 3.63) is 29.8 Å². The van der Waals surface area contributed by atoms with Gasteiger partial charge in [-0.25, -0.2) is 0 Å². The van der Waals surface area contributed by atoms with E-state index in [-0.39, 0.29) is 0 Å². The molecule has 0 amide bonds. The highest BCUT2D eigenvalue weighted by atomic mass is 32.2. The molecule has 2 heteroatoms. The van der Waals surface area contributed by atoms with Gasteiger partial charge in [-0.05, 0) is 42.2 Å². The van der Waals surface area contributed by atoms with Gasteiger partial charge in [0.15, 0.2) is 0 Å². The van der Waals surface area contributed by atoms with Crippen LogP contribution in [-0.2, 0) is 0 Å². The van der Waals surface area contributed by atoms with Crippen LogP contribution in [0.15, 0.2) is 29.2 Å². The summed E-state index contributed by atoms with van der Waals surface area (Å²) in [6, 6.07) is 9.57. The van der Waals surface area contributed by atoms with E-state index in [2.05, 4.69) is 57.3 Å². The summed E-state index contributed by atoms with van der Waals surface area (Å²) in [5.41, 5.74) is 2.04. The molecule has 1 aromatic carbocycles. The number of benzene rings is 1. The molecule has 0 bridgehead atoms. The fourth-order valence-electron chi connectivity index (χ4n) is 3.20. The zero-order valence-electron chi connectivity index (χ0n) is 13.4. The summed E-state index contributed by atoms with van der Waals surface area (Å²) in [4.78, 5) is 1.51. The second kappa shape index (κ2) is 7.00. The molecule has 1 atom stereocenters. The monoisotopic (exact) mass is 291 g/mol. The average Bonchev–Trinajstić information content (AvgIpc) is 2.86. The number of hydrogen-bond acceptors (Lipinski definition) is 2. The van der Waals surface area contributed by atoms with Crippen molar-refractivity contribution in [2.75, 3.05) is 12.3 Å². The molecular weight excluding hydrogens is 262 g/mol. The van der Waals surface area contributed by atoms with Gasteiger partial charge in [0.2, 0.25) is 0 Å². The van der Waals surface area contributed by atoms with E-state index in [0.29, 0.717) is 11.5 Å². The normalized spacial score (nSPS) is 18.6. The minimum atomic E-state index is 0.451. The summed E-state index contributed by atoms with van der Waals surface area (Å²) in [5, 5.41) is 3.68. The second-order valence-electron chi connectivity index (χ2n) is 6.49. The van der Waals surface area contributed by atoms with Crippen molar-refractivity contribution in [3.8, 4) is 0 Å². The molecule has 1 unspecified atom stereocenters. The van der Waals surface area contributed by atoms with E-state index in [9.17, 15) is 0 Å². The zero-order valence-corrected chi connectivity index (χ0v) is 14.2.